The summed E-state index contributed by atoms with van der Waals surface area (Å²) in [5, 5.41) is 27.5. The number of aliphatic imine (C=N–C) groups is 1. The van der Waals surface area contributed by atoms with Gasteiger partial charge >= 0.3 is 11.9 Å². The first-order chi connectivity index (χ1) is 10.9. The number of phenolic OH excluding ortho intramolecular Hbond substituents is 1. The SMILES string of the molecule is CN1CC(C2=NCCN2)Oc2ccc(O)cc21.O=C(O)C(=O)O. The van der Waals surface area contributed by atoms with Crippen molar-refractivity contribution in [2.24, 2.45) is 4.99 Å². The Morgan fingerprint density at radius 2 is 2.04 bits per heavy atom. The number of carboxylic acid groups (broad SMARTS) is 2. The molecule has 1 unspecified atom stereocenters. The molecule has 0 aliphatic carbocycles. The fourth-order valence-electron chi connectivity index (χ4n) is 2.22. The van der Waals surface area contributed by atoms with E-state index in [1.165, 1.54) is 0 Å². The highest BCUT2D eigenvalue weighted by Crippen LogP contribution is 2.35. The van der Waals surface area contributed by atoms with Crippen LogP contribution in [0.2, 0.25) is 0 Å². The number of rotatable bonds is 1. The van der Waals surface area contributed by atoms with Crippen molar-refractivity contribution in [1.82, 2.24) is 5.32 Å². The molecule has 3 rings (SSSR count). The van der Waals surface area contributed by atoms with Crippen molar-refractivity contribution in [2.75, 3.05) is 31.6 Å². The lowest BCUT2D eigenvalue weighted by molar-refractivity contribution is -0.159. The minimum atomic E-state index is -1.82. The van der Waals surface area contributed by atoms with Gasteiger partial charge in [0.1, 0.15) is 17.3 Å². The number of aliphatic carboxylic acids is 2. The molecule has 0 aromatic heterocycles. The molecule has 0 fully saturated rings. The number of likely N-dealkylation sites (N-methyl/N-ethyl adjacent to an activating group) is 1. The Labute approximate surface area is 131 Å². The molecule has 0 saturated carbocycles. The van der Waals surface area contributed by atoms with Crippen LogP contribution in [0.25, 0.3) is 0 Å². The van der Waals surface area contributed by atoms with Gasteiger partial charge in [-0.3, -0.25) is 4.99 Å². The Morgan fingerprint density at radius 3 is 2.61 bits per heavy atom. The number of aromatic hydroxyl groups is 1. The molecule has 1 atom stereocenters. The highest BCUT2D eigenvalue weighted by molar-refractivity contribution is 6.27. The van der Waals surface area contributed by atoms with Crippen LogP contribution in [0.5, 0.6) is 11.5 Å². The maximum absolute atomic E-state index is 9.47. The van der Waals surface area contributed by atoms with Gasteiger partial charge in [0, 0.05) is 19.7 Å². The molecule has 124 valence electrons. The molecule has 0 bridgehead atoms. The Kier molecular flexibility index (Phi) is 4.89. The normalized spacial score (nSPS) is 18.6. The smallest absolute Gasteiger partial charge is 0.414 e. The van der Waals surface area contributed by atoms with Crippen molar-refractivity contribution >= 4 is 23.5 Å². The van der Waals surface area contributed by atoms with Crippen molar-refractivity contribution in [3.05, 3.63) is 18.2 Å². The highest BCUT2D eigenvalue weighted by atomic mass is 16.5. The Morgan fingerprint density at radius 1 is 1.35 bits per heavy atom. The number of fused-ring (bicyclic) bond motifs is 1. The van der Waals surface area contributed by atoms with E-state index in [2.05, 4.69) is 15.2 Å². The van der Waals surface area contributed by atoms with Crippen molar-refractivity contribution < 1.29 is 29.6 Å². The van der Waals surface area contributed by atoms with E-state index in [0.717, 1.165) is 36.9 Å². The minimum absolute atomic E-state index is 0.0421. The van der Waals surface area contributed by atoms with Gasteiger partial charge in [0.05, 0.1) is 18.8 Å². The van der Waals surface area contributed by atoms with Gasteiger partial charge in [-0.15, -0.1) is 0 Å². The van der Waals surface area contributed by atoms with Gasteiger partial charge in [-0.25, -0.2) is 9.59 Å². The number of carboxylic acids is 2. The first kappa shape index (κ1) is 16.4. The third-order valence-corrected chi connectivity index (χ3v) is 3.25. The molecular formula is C14H17N3O6. The number of hydrogen-bond donors (Lipinski definition) is 4. The summed E-state index contributed by atoms with van der Waals surface area (Å²) in [4.78, 5) is 24.7. The summed E-state index contributed by atoms with van der Waals surface area (Å²) in [5.41, 5.74) is 0.917. The minimum Gasteiger partial charge on any atom is -0.508 e. The predicted octanol–water partition coefficient (Wildman–Crippen LogP) is -0.253. The maximum atomic E-state index is 9.47. The van der Waals surface area contributed by atoms with Gasteiger partial charge < -0.3 is 30.3 Å². The molecule has 2 heterocycles. The van der Waals surface area contributed by atoms with Crippen LogP contribution in [0.15, 0.2) is 23.2 Å². The summed E-state index contributed by atoms with van der Waals surface area (Å²) in [6.45, 7) is 2.45. The van der Waals surface area contributed by atoms with E-state index in [1.54, 1.807) is 18.2 Å². The van der Waals surface area contributed by atoms with Crippen LogP contribution < -0.4 is 15.0 Å². The van der Waals surface area contributed by atoms with E-state index < -0.39 is 11.9 Å². The topological polar surface area (TPSA) is 132 Å². The summed E-state index contributed by atoms with van der Waals surface area (Å²) < 4.78 is 5.90. The number of nitrogens with one attached hydrogen (secondary N) is 1. The average Bonchev–Trinajstić information content (AvgIpc) is 3.02. The van der Waals surface area contributed by atoms with Gasteiger partial charge in [0.25, 0.3) is 0 Å². The fraction of sp³-hybridized carbons (Fsp3) is 0.357. The molecular weight excluding hydrogens is 306 g/mol. The van der Waals surface area contributed by atoms with Crippen LogP contribution >= 0.6 is 0 Å². The molecule has 2 aliphatic rings. The monoisotopic (exact) mass is 323 g/mol. The molecule has 0 radical (unpaired) electrons. The van der Waals surface area contributed by atoms with Crippen LogP contribution in [0.3, 0.4) is 0 Å². The second-order valence-corrected chi connectivity index (χ2v) is 4.94. The van der Waals surface area contributed by atoms with Gasteiger partial charge in [-0.05, 0) is 12.1 Å². The molecule has 1 aromatic carbocycles. The first-order valence-electron chi connectivity index (χ1n) is 6.83. The number of anilines is 1. The third-order valence-electron chi connectivity index (χ3n) is 3.25. The lowest BCUT2D eigenvalue weighted by Crippen LogP contribution is -2.46. The molecule has 9 nitrogen and oxygen atoms in total. The van der Waals surface area contributed by atoms with Crippen LogP contribution in [0.4, 0.5) is 5.69 Å². The maximum Gasteiger partial charge on any atom is 0.414 e. The summed E-state index contributed by atoms with van der Waals surface area (Å²) in [7, 11) is 1.99. The highest BCUT2D eigenvalue weighted by Gasteiger charge is 2.28. The van der Waals surface area contributed by atoms with Crippen LogP contribution in [-0.4, -0.2) is 65.9 Å². The number of hydrogen-bond acceptors (Lipinski definition) is 7. The van der Waals surface area contributed by atoms with Crippen LogP contribution in [0, 0.1) is 0 Å². The molecule has 0 saturated heterocycles. The van der Waals surface area contributed by atoms with E-state index in [-0.39, 0.29) is 11.9 Å². The number of nitrogens with zero attached hydrogens (tertiary/aromatic N) is 2. The largest absolute Gasteiger partial charge is 0.508 e. The van der Waals surface area contributed by atoms with Gasteiger partial charge in [-0.1, -0.05) is 0 Å². The average molecular weight is 323 g/mol. The molecule has 0 amide bonds. The molecule has 1 aromatic rings. The summed E-state index contributed by atoms with van der Waals surface area (Å²) in [5.74, 6) is -1.67. The van der Waals surface area contributed by atoms with Crippen molar-refractivity contribution in [1.29, 1.82) is 0 Å². The summed E-state index contributed by atoms with van der Waals surface area (Å²) in [6.07, 6.45) is -0.0421. The van der Waals surface area contributed by atoms with Crippen LogP contribution in [0.1, 0.15) is 0 Å². The zero-order valence-electron chi connectivity index (χ0n) is 12.4. The van der Waals surface area contributed by atoms with E-state index in [4.69, 9.17) is 24.5 Å². The zero-order valence-corrected chi connectivity index (χ0v) is 12.4. The van der Waals surface area contributed by atoms with Crippen molar-refractivity contribution in [3.8, 4) is 11.5 Å². The van der Waals surface area contributed by atoms with Crippen LogP contribution in [-0.2, 0) is 9.59 Å². The molecule has 23 heavy (non-hydrogen) atoms. The van der Waals surface area contributed by atoms with E-state index in [1.807, 2.05) is 7.05 Å². The Hall–Kier alpha value is -2.97. The molecule has 4 N–H and O–H groups in total. The van der Waals surface area contributed by atoms with E-state index >= 15 is 0 Å². The lowest BCUT2D eigenvalue weighted by Gasteiger charge is -2.33. The number of carbonyl (C=O) groups is 2. The molecule has 0 spiro atoms. The first-order valence-corrected chi connectivity index (χ1v) is 6.83. The quantitative estimate of drug-likeness (QED) is 0.520. The third kappa shape index (κ3) is 4.02. The number of phenols is 1. The lowest BCUT2D eigenvalue weighted by atomic mass is 10.2. The van der Waals surface area contributed by atoms with E-state index in [0.29, 0.717) is 0 Å². The predicted molar refractivity (Wildman–Crippen MR) is 81.4 cm³/mol. The second kappa shape index (κ2) is 6.86. The Bertz CT molecular complexity index is 633. The molecule has 2 aliphatic heterocycles. The number of benzene rings is 1. The summed E-state index contributed by atoms with van der Waals surface area (Å²) in [6, 6.07) is 5.15. The van der Waals surface area contributed by atoms with Gasteiger partial charge in [0.2, 0.25) is 0 Å². The molecule has 9 heteroatoms. The number of ether oxygens (including phenoxy) is 1. The van der Waals surface area contributed by atoms with Crippen molar-refractivity contribution in [3.63, 3.8) is 0 Å². The van der Waals surface area contributed by atoms with Gasteiger partial charge in [-0.2, -0.15) is 0 Å². The number of amidine groups is 1. The fourth-order valence-corrected chi connectivity index (χ4v) is 2.22. The van der Waals surface area contributed by atoms with Gasteiger partial charge in [0.15, 0.2) is 6.10 Å². The zero-order chi connectivity index (χ0) is 17.0. The Balaban J connectivity index is 0.000000277. The van der Waals surface area contributed by atoms with Crippen molar-refractivity contribution in [2.45, 2.75) is 6.10 Å². The van der Waals surface area contributed by atoms with E-state index in [9.17, 15) is 5.11 Å². The second-order valence-electron chi connectivity index (χ2n) is 4.94. The standard InChI is InChI=1S/C12H15N3O2.C2H2O4/c1-15-7-11(12-13-4-5-14-12)17-10-3-2-8(16)6-9(10)15;3-1(4)2(5)6/h2-3,6,11,16H,4-5,7H2,1H3,(H,13,14);(H,3,4)(H,5,6). The summed E-state index contributed by atoms with van der Waals surface area (Å²) >= 11 is 0.